The van der Waals surface area contributed by atoms with E-state index in [-0.39, 0.29) is 72.7 Å². The minimum absolute atomic E-state index is 0.00220. The van der Waals surface area contributed by atoms with E-state index in [0.29, 0.717) is 31.1 Å². The highest BCUT2D eigenvalue weighted by molar-refractivity contribution is 7.90. The summed E-state index contributed by atoms with van der Waals surface area (Å²) in [6.07, 6.45) is 2.92. The number of rotatable bonds is 8. The predicted molar refractivity (Wildman–Crippen MR) is 193 cm³/mol. The normalized spacial score (nSPS) is 31.2. The molecule has 298 valence electrons. The molecule has 1 saturated heterocycles. The molecule has 1 N–H and O–H groups in total. The van der Waals surface area contributed by atoms with Crippen LogP contribution in [0, 0.1) is 29.1 Å². The second-order valence-corrected chi connectivity index (χ2v) is 18.2. The van der Waals surface area contributed by atoms with Gasteiger partial charge in [-0.1, -0.05) is 26.0 Å². The van der Waals surface area contributed by atoms with E-state index in [0.717, 1.165) is 6.42 Å². The van der Waals surface area contributed by atoms with E-state index in [4.69, 9.17) is 14.2 Å². The Morgan fingerprint density at radius 1 is 1.07 bits per heavy atom. The second kappa shape index (κ2) is 14.6. The number of hydrogen-bond acceptors (Lipinski definition) is 11. The molecule has 3 fully saturated rings. The number of alkyl halides is 2. The van der Waals surface area contributed by atoms with Crippen LogP contribution in [0.15, 0.2) is 36.5 Å². The first kappa shape index (κ1) is 38.9. The van der Waals surface area contributed by atoms with Gasteiger partial charge in [0, 0.05) is 29.8 Å². The number of ether oxygens (including phenoxy) is 4. The Labute approximate surface area is 318 Å². The molecule has 2 saturated carbocycles. The quantitative estimate of drug-likeness (QED) is 0.267. The second-order valence-electron chi connectivity index (χ2n) is 16.2. The number of hydrogen-bond donors (Lipinski definition) is 1. The Morgan fingerprint density at radius 3 is 2.56 bits per heavy atom. The van der Waals surface area contributed by atoms with Crippen LogP contribution in [0.3, 0.4) is 0 Å². The topological polar surface area (TPSA) is 168 Å². The molecule has 5 aliphatic rings. The number of sulfonamides is 1. The molecule has 2 amide bonds. The maximum atomic E-state index is 14.7. The molecule has 1 aromatic heterocycles. The number of Topliss-reactive ketones (excluding diaryl/α,β-unsaturated/α-hetero) is 1. The number of aromatic nitrogens is 1. The lowest BCUT2D eigenvalue weighted by atomic mass is 9.82. The Balaban J connectivity index is 1.22. The summed E-state index contributed by atoms with van der Waals surface area (Å²) >= 11 is 0. The SMILES string of the molecule is CC(C)OC(=O)C[C@@H]1C(=O)N2C[C@H](Oc3nccc4c5c(ccc34)OC(F)(F)O5)C[C@H]2C(=O)C[C@]2(C(=O)NS(=O)(=O)C3CC3)C[C@H]2/C=C\CC[C@H](C)C[C@H]1C. The van der Waals surface area contributed by atoms with E-state index in [9.17, 15) is 36.4 Å². The molecule has 2 aliphatic carbocycles. The molecular weight excluding hydrogens is 741 g/mol. The molecule has 13 nitrogen and oxygen atoms in total. The third-order valence-electron chi connectivity index (χ3n) is 11.5. The lowest BCUT2D eigenvalue weighted by Crippen LogP contribution is -2.47. The Morgan fingerprint density at radius 2 is 1.84 bits per heavy atom. The number of ketones is 1. The summed E-state index contributed by atoms with van der Waals surface area (Å²) in [6.45, 7) is 7.36. The lowest BCUT2D eigenvalue weighted by Gasteiger charge is -2.32. The van der Waals surface area contributed by atoms with E-state index < -0.39 is 74.7 Å². The van der Waals surface area contributed by atoms with Crippen molar-refractivity contribution in [2.24, 2.45) is 29.1 Å². The van der Waals surface area contributed by atoms with Gasteiger partial charge in [-0.25, -0.2) is 13.4 Å². The fraction of sp³-hybridized carbons (Fsp3) is 0.615. The highest BCUT2D eigenvalue weighted by Gasteiger charge is 2.62. The monoisotopic (exact) mass is 787 g/mol. The van der Waals surface area contributed by atoms with Crippen molar-refractivity contribution in [2.45, 2.75) is 115 Å². The number of pyridine rings is 1. The van der Waals surface area contributed by atoms with Crippen LogP contribution in [-0.4, -0.2) is 78.2 Å². The number of carbonyl (C=O) groups is 4. The molecule has 0 bridgehead atoms. The molecule has 7 rings (SSSR count). The van der Waals surface area contributed by atoms with Crippen LogP contribution in [0.1, 0.15) is 85.5 Å². The zero-order valence-corrected chi connectivity index (χ0v) is 32.1. The van der Waals surface area contributed by atoms with Gasteiger partial charge in [0.2, 0.25) is 27.7 Å². The largest absolute Gasteiger partial charge is 0.586 e. The van der Waals surface area contributed by atoms with Crippen LogP contribution >= 0.6 is 0 Å². The summed E-state index contributed by atoms with van der Waals surface area (Å²) in [6, 6.07) is 3.22. The van der Waals surface area contributed by atoms with Gasteiger partial charge in [-0.2, -0.15) is 0 Å². The van der Waals surface area contributed by atoms with Gasteiger partial charge in [0.25, 0.3) is 0 Å². The van der Waals surface area contributed by atoms with Crippen LogP contribution in [0.2, 0.25) is 0 Å². The molecule has 4 heterocycles. The molecule has 1 aromatic carbocycles. The molecule has 0 radical (unpaired) electrons. The number of fused-ring (bicyclic) bond motifs is 5. The van der Waals surface area contributed by atoms with Gasteiger partial charge in [-0.05, 0) is 88.3 Å². The highest BCUT2D eigenvalue weighted by Crippen LogP contribution is 2.57. The van der Waals surface area contributed by atoms with Crippen molar-refractivity contribution in [2.75, 3.05) is 6.54 Å². The Hall–Kier alpha value is -4.34. The van der Waals surface area contributed by atoms with Crippen LogP contribution in [0.5, 0.6) is 17.4 Å². The summed E-state index contributed by atoms with van der Waals surface area (Å²) in [4.78, 5) is 61.9. The number of benzene rings is 1. The molecule has 2 aromatic rings. The fourth-order valence-corrected chi connectivity index (χ4v) is 9.75. The van der Waals surface area contributed by atoms with Crippen LogP contribution in [-0.2, 0) is 33.9 Å². The minimum Gasteiger partial charge on any atom is -0.472 e. The molecule has 0 spiro atoms. The smallest absolute Gasteiger partial charge is 0.472 e. The summed E-state index contributed by atoms with van der Waals surface area (Å²) in [5.74, 6) is -3.74. The predicted octanol–water partition coefficient (Wildman–Crippen LogP) is 5.45. The van der Waals surface area contributed by atoms with Gasteiger partial charge < -0.3 is 23.8 Å². The first-order valence-corrected chi connectivity index (χ1v) is 20.6. The number of amides is 2. The van der Waals surface area contributed by atoms with Crippen molar-refractivity contribution >= 4 is 44.4 Å². The van der Waals surface area contributed by atoms with Gasteiger partial charge in [-0.15, -0.1) is 8.78 Å². The molecule has 55 heavy (non-hydrogen) atoms. The molecular formula is C39H47F2N3O10S. The summed E-state index contributed by atoms with van der Waals surface area (Å²) in [5, 5.41) is -0.0449. The number of nitrogens with one attached hydrogen (secondary N) is 1. The summed E-state index contributed by atoms with van der Waals surface area (Å²) < 4.78 is 77.1. The third-order valence-corrected chi connectivity index (χ3v) is 13.3. The Bertz CT molecular complexity index is 2020. The van der Waals surface area contributed by atoms with Gasteiger partial charge in [0.05, 0.1) is 41.7 Å². The molecule has 16 heteroatoms. The van der Waals surface area contributed by atoms with Crippen LogP contribution < -0.4 is 18.9 Å². The molecule has 3 aliphatic heterocycles. The van der Waals surface area contributed by atoms with Crippen LogP contribution in [0.4, 0.5) is 8.78 Å². The average molecular weight is 788 g/mol. The Kier molecular flexibility index (Phi) is 10.3. The van der Waals surface area contributed by atoms with E-state index in [1.54, 1.807) is 13.8 Å². The van der Waals surface area contributed by atoms with Crippen molar-refractivity contribution in [1.82, 2.24) is 14.6 Å². The summed E-state index contributed by atoms with van der Waals surface area (Å²) in [7, 11) is -3.90. The standard InChI is InChI=1S/C39H47F2N3O10S/c1-21(2)51-33(46)17-29-23(4)15-22(3)7-5-6-8-24-18-38(24,37(48)43-55(49,50)26-9-10-26)19-31(45)30-16-25(20-44(30)36(29)47)52-35-28-11-12-32-34(27(28)13-14-42-35)54-39(40,41)53-32/h6,8,11-14,21-26,29-30H,5,7,9-10,15-20H2,1-4H3,(H,43,48)/b8-6-/t22-,23+,24+,25+,29-,30-,38+/m0/s1. The maximum Gasteiger partial charge on any atom is 0.586 e. The maximum absolute atomic E-state index is 14.7. The third kappa shape index (κ3) is 8.15. The van der Waals surface area contributed by atoms with Gasteiger partial charge >= 0.3 is 12.3 Å². The minimum atomic E-state index is -3.90. The van der Waals surface area contributed by atoms with E-state index in [1.807, 2.05) is 19.1 Å². The number of carbonyl (C=O) groups excluding carboxylic acids is 4. The van der Waals surface area contributed by atoms with Crippen molar-refractivity contribution in [1.29, 1.82) is 0 Å². The zero-order chi connectivity index (χ0) is 39.4. The fourth-order valence-electron chi connectivity index (χ4n) is 8.36. The average Bonchev–Trinajstić information content (AvgIpc) is 4.00. The van der Waals surface area contributed by atoms with E-state index in [2.05, 4.69) is 21.4 Å². The van der Waals surface area contributed by atoms with Crippen LogP contribution in [0.25, 0.3) is 10.8 Å². The highest BCUT2D eigenvalue weighted by atomic mass is 32.2. The van der Waals surface area contributed by atoms with Crippen molar-refractivity contribution in [3.8, 4) is 17.4 Å². The number of allylic oxidation sites excluding steroid dienone is 2. The van der Waals surface area contributed by atoms with Gasteiger partial charge in [-0.3, -0.25) is 23.9 Å². The van der Waals surface area contributed by atoms with Crippen molar-refractivity contribution in [3.63, 3.8) is 0 Å². The lowest BCUT2D eigenvalue weighted by molar-refractivity contribution is -0.286. The van der Waals surface area contributed by atoms with E-state index in [1.165, 1.54) is 29.3 Å². The summed E-state index contributed by atoms with van der Waals surface area (Å²) in [5.41, 5.74) is -1.32. The van der Waals surface area contributed by atoms with Crippen molar-refractivity contribution in [3.05, 3.63) is 36.5 Å². The zero-order valence-electron chi connectivity index (χ0n) is 31.3. The number of nitrogens with zero attached hydrogens (tertiary/aromatic N) is 2. The number of esters is 1. The van der Waals surface area contributed by atoms with Crippen molar-refractivity contribution < 1.29 is 55.3 Å². The molecule has 0 unspecified atom stereocenters. The molecule has 7 atom stereocenters. The van der Waals surface area contributed by atoms with E-state index >= 15 is 0 Å². The first-order chi connectivity index (χ1) is 26.0. The van der Waals surface area contributed by atoms with Gasteiger partial charge in [0.1, 0.15) is 6.10 Å². The number of halogens is 2. The van der Waals surface area contributed by atoms with Gasteiger partial charge in [0.15, 0.2) is 17.3 Å². The first-order valence-electron chi connectivity index (χ1n) is 19.1.